The number of hydrogen-bond acceptors (Lipinski definition) is 4. The van der Waals surface area contributed by atoms with Gasteiger partial charge in [0.15, 0.2) is 0 Å². The first-order valence-electron chi connectivity index (χ1n) is 11.6. The Bertz CT molecular complexity index is 1060. The maximum atomic E-state index is 13.1. The van der Waals surface area contributed by atoms with Gasteiger partial charge in [-0.05, 0) is 76.1 Å². The predicted molar refractivity (Wildman–Crippen MR) is 129 cm³/mol. The first-order chi connectivity index (χ1) is 15.5. The van der Waals surface area contributed by atoms with Gasteiger partial charge >= 0.3 is 5.97 Å². The van der Waals surface area contributed by atoms with Gasteiger partial charge in [-0.2, -0.15) is 0 Å². The summed E-state index contributed by atoms with van der Waals surface area (Å²) in [5.41, 5.74) is 3.77. The largest absolute Gasteiger partial charge is 0.459 e. The predicted octanol–water partition coefficient (Wildman–Crippen LogP) is 4.88. The van der Waals surface area contributed by atoms with E-state index in [-0.39, 0.29) is 17.9 Å². The molecule has 2 atom stereocenters. The number of nitrogens with zero attached hydrogens (tertiary/aromatic N) is 1. The van der Waals surface area contributed by atoms with E-state index in [0.29, 0.717) is 45.6 Å². The van der Waals surface area contributed by atoms with Gasteiger partial charge in [-0.25, -0.2) is 4.79 Å². The van der Waals surface area contributed by atoms with Crippen LogP contribution in [0, 0.1) is 32.6 Å². The van der Waals surface area contributed by atoms with E-state index in [2.05, 4.69) is 24.1 Å². The van der Waals surface area contributed by atoms with E-state index in [0.717, 1.165) is 25.1 Å². The zero-order valence-electron chi connectivity index (χ0n) is 20.7. The molecule has 2 unspecified atom stereocenters. The standard InChI is InChI=1S/C26H35N3O4/c1-14(2)33-26(32)22-18(6)23(27-19(22)7)24(30)28-21-11-20(9-8-17(21)5)25(31)29-12-15(3)10-16(4)13-29/h8-9,11,14-16,27H,10,12-13H2,1-7H3,(H,28,30). The molecule has 1 aromatic heterocycles. The fourth-order valence-electron chi connectivity index (χ4n) is 4.64. The van der Waals surface area contributed by atoms with Crippen LogP contribution in [0.3, 0.4) is 0 Å². The average molecular weight is 454 g/mol. The molecule has 1 aromatic carbocycles. The fourth-order valence-corrected chi connectivity index (χ4v) is 4.64. The van der Waals surface area contributed by atoms with Crippen LogP contribution in [0.2, 0.25) is 0 Å². The summed E-state index contributed by atoms with van der Waals surface area (Å²) in [7, 11) is 0. The van der Waals surface area contributed by atoms with Crippen LogP contribution in [0.5, 0.6) is 0 Å². The van der Waals surface area contributed by atoms with E-state index < -0.39 is 5.97 Å². The van der Waals surface area contributed by atoms with Crippen molar-refractivity contribution in [1.29, 1.82) is 0 Å². The van der Waals surface area contributed by atoms with E-state index in [4.69, 9.17) is 4.74 Å². The van der Waals surface area contributed by atoms with Crippen LogP contribution in [0.15, 0.2) is 18.2 Å². The summed E-state index contributed by atoms with van der Waals surface area (Å²) < 4.78 is 5.31. The summed E-state index contributed by atoms with van der Waals surface area (Å²) in [5.74, 6) is 0.0988. The van der Waals surface area contributed by atoms with Crippen LogP contribution in [0.1, 0.15) is 82.1 Å². The second kappa shape index (κ2) is 9.81. The number of esters is 1. The molecule has 1 saturated heterocycles. The maximum absolute atomic E-state index is 13.1. The summed E-state index contributed by atoms with van der Waals surface area (Å²) in [5, 5.41) is 2.91. The lowest BCUT2D eigenvalue weighted by Crippen LogP contribution is -2.42. The number of likely N-dealkylation sites (tertiary alicyclic amines) is 1. The van der Waals surface area contributed by atoms with Gasteiger partial charge < -0.3 is 19.9 Å². The Morgan fingerprint density at radius 1 is 1.09 bits per heavy atom. The molecule has 1 aliphatic heterocycles. The van der Waals surface area contributed by atoms with Gasteiger partial charge in [0, 0.05) is 30.0 Å². The van der Waals surface area contributed by atoms with Gasteiger partial charge in [-0.15, -0.1) is 0 Å². The summed E-state index contributed by atoms with van der Waals surface area (Å²) in [4.78, 5) is 43.6. The van der Waals surface area contributed by atoms with Crippen LogP contribution in [0.25, 0.3) is 0 Å². The van der Waals surface area contributed by atoms with Crippen molar-refractivity contribution in [3.8, 4) is 0 Å². The van der Waals surface area contributed by atoms with Gasteiger partial charge in [-0.3, -0.25) is 9.59 Å². The van der Waals surface area contributed by atoms with E-state index in [9.17, 15) is 14.4 Å². The van der Waals surface area contributed by atoms with Crippen LogP contribution >= 0.6 is 0 Å². The van der Waals surface area contributed by atoms with Gasteiger partial charge in [0.05, 0.1) is 11.7 Å². The molecule has 7 heteroatoms. The Balaban J connectivity index is 1.82. The highest BCUT2D eigenvalue weighted by molar-refractivity contribution is 6.07. The number of H-pyrrole nitrogens is 1. The van der Waals surface area contributed by atoms with E-state index in [1.807, 2.05) is 17.9 Å². The Kier molecular flexibility index (Phi) is 7.30. The normalized spacial score (nSPS) is 18.4. The number of carbonyl (C=O) groups is 3. The third kappa shape index (κ3) is 5.46. The smallest absolute Gasteiger partial charge is 0.340 e. The van der Waals surface area contributed by atoms with Gasteiger partial charge in [0.2, 0.25) is 0 Å². The number of amides is 2. The van der Waals surface area contributed by atoms with Crippen LogP contribution in [0.4, 0.5) is 5.69 Å². The summed E-state index contributed by atoms with van der Waals surface area (Å²) in [6.45, 7) is 14.7. The molecule has 0 aliphatic carbocycles. The molecule has 0 radical (unpaired) electrons. The topological polar surface area (TPSA) is 91.5 Å². The van der Waals surface area contributed by atoms with Crippen molar-refractivity contribution in [3.63, 3.8) is 0 Å². The van der Waals surface area contributed by atoms with E-state index in [1.165, 1.54) is 0 Å². The molecule has 0 bridgehead atoms. The molecule has 178 valence electrons. The number of rotatable bonds is 5. The highest BCUT2D eigenvalue weighted by Crippen LogP contribution is 2.26. The maximum Gasteiger partial charge on any atom is 0.340 e. The number of hydrogen-bond donors (Lipinski definition) is 2. The number of aromatic nitrogens is 1. The summed E-state index contributed by atoms with van der Waals surface area (Å²) in [6.07, 6.45) is 0.873. The number of carbonyl (C=O) groups excluding carboxylic acids is 3. The second-order valence-electron chi connectivity index (χ2n) is 9.72. The lowest BCUT2D eigenvalue weighted by Gasteiger charge is -2.35. The van der Waals surface area contributed by atoms with Gasteiger partial charge in [-0.1, -0.05) is 19.9 Å². The van der Waals surface area contributed by atoms with Gasteiger partial charge in [0.25, 0.3) is 11.8 Å². The van der Waals surface area contributed by atoms with Crippen LogP contribution in [-0.4, -0.2) is 46.9 Å². The molecule has 1 fully saturated rings. The molecule has 7 nitrogen and oxygen atoms in total. The molecule has 2 heterocycles. The number of ether oxygens (including phenoxy) is 1. The lowest BCUT2D eigenvalue weighted by molar-refractivity contribution is 0.0376. The highest BCUT2D eigenvalue weighted by Gasteiger charge is 2.27. The van der Waals surface area contributed by atoms with Crippen molar-refractivity contribution in [2.24, 2.45) is 11.8 Å². The summed E-state index contributed by atoms with van der Waals surface area (Å²) in [6, 6.07) is 5.39. The van der Waals surface area contributed by atoms with Crippen molar-refractivity contribution in [2.75, 3.05) is 18.4 Å². The van der Waals surface area contributed by atoms with E-state index >= 15 is 0 Å². The fraction of sp³-hybridized carbons (Fsp3) is 0.500. The number of benzene rings is 1. The Morgan fingerprint density at radius 2 is 1.73 bits per heavy atom. The van der Waals surface area contributed by atoms with E-state index in [1.54, 1.807) is 39.8 Å². The number of anilines is 1. The minimum absolute atomic E-state index is 0.0190. The zero-order chi connectivity index (χ0) is 24.4. The quantitative estimate of drug-likeness (QED) is 0.632. The molecule has 0 saturated carbocycles. The number of aryl methyl sites for hydroxylation is 2. The van der Waals surface area contributed by atoms with Crippen molar-refractivity contribution < 1.29 is 19.1 Å². The summed E-state index contributed by atoms with van der Waals surface area (Å²) >= 11 is 0. The average Bonchev–Trinajstić information content (AvgIpc) is 3.02. The van der Waals surface area contributed by atoms with Crippen LogP contribution < -0.4 is 5.32 Å². The molecular weight excluding hydrogens is 418 g/mol. The molecule has 2 amide bonds. The first kappa shape index (κ1) is 24.6. The molecule has 2 aromatic rings. The highest BCUT2D eigenvalue weighted by atomic mass is 16.5. The SMILES string of the molecule is Cc1ccc(C(=O)N2CC(C)CC(C)C2)cc1NC(=O)c1[nH]c(C)c(C(=O)OC(C)C)c1C. The first-order valence-corrected chi connectivity index (χ1v) is 11.6. The van der Waals surface area contributed by atoms with Crippen molar-refractivity contribution in [1.82, 2.24) is 9.88 Å². The minimum atomic E-state index is -0.455. The monoisotopic (exact) mass is 453 g/mol. The van der Waals surface area contributed by atoms with Crippen molar-refractivity contribution in [3.05, 3.63) is 51.8 Å². The van der Waals surface area contributed by atoms with Crippen molar-refractivity contribution >= 4 is 23.5 Å². The Hall–Kier alpha value is -3.09. The number of aromatic amines is 1. The third-order valence-corrected chi connectivity index (χ3v) is 6.10. The molecule has 1 aliphatic rings. The molecular formula is C26H35N3O4. The third-order valence-electron chi connectivity index (χ3n) is 6.10. The molecule has 3 rings (SSSR count). The number of nitrogens with one attached hydrogen (secondary N) is 2. The second-order valence-corrected chi connectivity index (χ2v) is 9.72. The minimum Gasteiger partial charge on any atom is -0.459 e. The van der Waals surface area contributed by atoms with Crippen LogP contribution in [-0.2, 0) is 4.74 Å². The molecule has 2 N–H and O–H groups in total. The van der Waals surface area contributed by atoms with Crippen molar-refractivity contribution in [2.45, 2.75) is 61.0 Å². The zero-order valence-corrected chi connectivity index (χ0v) is 20.7. The Labute approximate surface area is 195 Å². The van der Waals surface area contributed by atoms with Gasteiger partial charge in [0.1, 0.15) is 5.69 Å². The molecule has 0 spiro atoms. The number of piperidine rings is 1. The molecule has 33 heavy (non-hydrogen) atoms. The lowest BCUT2D eigenvalue weighted by atomic mass is 9.91. The Morgan fingerprint density at radius 3 is 2.33 bits per heavy atom.